The van der Waals surface area contributed by atoms with Crippen LogP contribution < -0.4 is 5.32 Å². The summed E-state index contributed by atoms with van der Waals surface area (Å²) in [6, 6.07) is 11.1. The molecule has 57 heavy (non-hydrogen) atoms. The second-order valence-electron chi connectivity index (χ2n) is 14.7. The van der Waals surface area contributed by atoms with E-state index in [2.05, 4.69) is 25.0 Å². The molecule has 17 heteroatoms. The molecule has 7 rings (SSSR count). The minimum Gasteiger partial charge on any atom is -0.465 e. The van der Waals surface area contributed by atoms with Crippen molar-refractivity contribution >= 4 is 35.0 Å². The number of aliphatic hydroxyl groups is 1. The van der Waals surface area contributed by atoms with Crippen molar-refractivity contribution in [2.45, 2.75) is 63.7 Å². The van der Waals surface area contributed by atoms with Crippen molar-refractivity contribution in [2.75, 3.05) is 33.9 Å². The van der Waals surface area contributed by atoms with Crippen molar-refractivity contribution in [3.63, 3.8) is 0 Å². The van der Waals surface area contributed by atoms with Gasteiger partial charge in [0.1, 0.15) is 23.7 Å². The summed E-state index contributed by atoms with van der Waals surface area (Å²) in [5, 5.41) is 21.7. The first-order valence-corrected chi connectivity index (χ1v) is 19.0. The summed E-state index contributed by atoms with van der Waals surface area (Å²) in [5.41, 5.74) is 6.20. The maximum Gasteiger partial charge on any atom is 0.407 e. The van der Waals surface area contributed by atoms with Gasteiger partial charge in [0.25, 0.3) is 0 Å². The number of likely N-dealkylation sites (tertiary alicyclic amines) is 2. The minimum absolute atomic E-state index is 0.186. The van der Waals surface area contributed by atoms with E-state index in [-0.39, 0.29) is 23.9 Å². The Kier molecular flexibility index (Phi) is 11.2. The number of imidazole rings is 2. The number of aliphatic hydroxyl groups excluding tert-OH is 1. The highest BCUT2D eigenvalue weighted by atomic mass is 16.5. The Hall–Kier alpha value is -6.36. The number of carboxylic acid groups (broad SMARTS) is 1. The highest BCUT2D eigenvalue weighted by Gasteiger charge is 2.40. The highest BCUT2D eigenvalue weighted by molar-refractivity contribution is 5.87. The number of fused-ring (bicyclic) bond motifs is 1. The lowest BCUT2D eigenvalue weighted by molar-refractivity contribution is -0.138. The van der Waals surface area contributed by atoms with Gasteiger partial charge in [-0.2, -0.15) is 0 Å². The number of ether oxygens (including phenoxy) is 1. The Morgan fingerprint density at radius 1 is 0.877 bits per heavy atom. The third-order valence-corrected chi connectivity index (χ3v) is 10.8. The van der Waals surface area contributed by atoms with E-state index in [4.69, 9.17) is 15.0 Å². The molecular formula is C40H46N10O7. The molecule has 298 valence electrons. The number of aromatic nitrogens is 6. The van der Waals surface area contributed by atoms with Gasteiger partial charge in [-0.15, -0.1) is 0 Å². The van der Waals surface area contributed by atoms with Gasteiger partial charge in [0, 0.05) is 43.0 Å². The van der Waals surface area contributed by atoms with Gasteiger partial charge in [0.2, 0.25) is 11.8 Å². The molecule has 4 amide bonds. The first-order valence-electron chi connectivity index (χ1n) is 19.0. The summed E-state index contributed by atoms with van der Waals surface area (Å²) in [6.45, 7) is 4.16. The molecule has 0 radical (unpaired) electrons. The molecule has 2 aliphatic rings. The molecule has 5 aromatic rings. The topological polar surface area (TPSA) is 223 Å². The van der Waals surface area contributed by atoms with Crippen molar-refractivity contribution in [1.82, 2.24) is 49.9 Å². The number of H-pyrrole nitrogens is 2. The number of benzene rings is 2. The fraction of sp³-hybridized carbons (Fsp3) is 0.400. The van der Waals surface area contributed by atoms with Gasteiger partial charge in [0.15, 0.2) is 0 Å². The largest absolute Gasteiger partial charge is 0.465 e. The van der Waals surface area contributed by atoms with Gasteiger partial charge in [0.05, 0.1) is 66.3 Å². The van der Waals surface area contributed by atoms with Crippen LogP contribution in [0.1, 0.15) is 63.3 Å². The van der Waals surface area contributed by atoms with Crippen molar-refractivity contribution in [1.29, 1.82) is 0 Å². The van der Waals surface area contributed by atoms with E-state index >= 15 is 0 Å². The van der Waals surface area contributed by atoms with Crippen LogP contribution in [0.15, 0.2) is 61.1 Å². The zero-order chi connectivity index (χ0) is 40.4. The molecule has 0 saturated carbocycles. The fourth-order valence-corrected chi connectivity index (χ4v) is 7.84. The molecule has 2 aliphatic heterocycles. The Morgan fingerprint density at radius 2 is 1.53 bits per heavy atom. The second kappa shape index (κ2) is 16.4. The summed E-state index contributed by atoms with van der Waals surface area (Å²) < 4.78 is 4.59. The predicted octanol–water partition coefficient (Wildman–Crippen LogP) is 4.76. The molecule has 2 aromatic carbocycles. The zero-order valence-electron chi connectivity index (χ0n) is 32.2. The maximum atomic E-state index is 13.6. The normalized spacial score (nSPS) is 17.9. The first-order chi connectivity index (χ1) is 27.5. The second-order valence-corrected chi connectivity index (χ2v) is 14.7. The number of nitrogens with one attached hydrogen (secondary N) is 3. The summed E-state index contributed by atoms with van der Waals surface area (Å²) >= 11 is 0. The Bertz CT molecular complexity index is 2270. The number of alkyl carbamates (subject to hydrolysis) is 1. The van der Waals surface area contributed by atoms with Crippen LogP contribution >= 0.6 is 0 Å². The molecule has 0 unspecified atom stereocenters. The number of nitrogens with zero attached hydrogens (tertiary/aromatic N) is 7. The van der Waals surface area contributed by atoms with Crippen molar-refractivity contribution < 1.29 is 34.1 Å². The van der Waals surface area contributed by atoms with Crippen molar-refractivity contribution in [3.05, 3.63) is 72.7 Å². The lowest BCUT2D eigenvalue weighted by Gasteiger charge is -2.33. The molecule has 0 spiro atoms. The van der Waals surface area contributed by atoms with E-state index < -0.39 is 36.8 Å². The lowest BCUT2D eigenvalue weighted by Crippen LogP contribution is -2.51. The lowest BCUT2D eigenvalue weighted by atomic mass is 10.0. The molecule has 2 saturated heterocycles. The molecule has 17 nitrogen and oxygen atoms in total. The number of aromatic amines is 2. The van der Waals surface area contributed by atoms with Crippen LogP contribution in [0.5, 0.6) is 0 Å². The molecule has 5 N–H and O–H groups in total. The zero-order valence-corrected chi connectivity index (χ0v) is 32.2. The quantitative estimate of drug-likeness (QED) is 0.123. The van der Waals surface area contributed by atoms with Crippen LogP contribution in [0.4, 0.5) is 9.59 Å². The summed E-state index contributed by atoms with van der Waals surface area (Å²) in [6.07, 6.45) is 6.31. The van der Waals surface area contributed by atoms with E-state index in [1.165, 1.54) is 14.2 Å². The standard InChI is InChI=1S/C40H46N10O7/c1-22(2)34(48(3)40(55)56)38(53)50-16-6-8-33(50)36-42-19-29(45-36)24-11-9-23(10-12-24)28-18-41-27-17-25(13-14-26(27)44-28)30-20-43-35(46-30)32-7-5-15-49(32)37(52)31(21-51)47-39(54)57-4/h9-14,17-20,22,31-34,51H,5-8,15-16,21H2,1-4H3,(H,42,45)(H,43,46)(H,47,54)(H,55,56)/t31-,32-,33-,34-/m0/s1. The number of carbonyl (C=O) groups excluding carboxylic acids is 3. The maximum absolute atomic E-state index is 13.6. The van der Waals surface area contributed by atoms with E-state index in [1.54, 1.807) is 22.2 Å². The average Bonchev–Trinajstić information content (AvgIpc) is 4.06. The summed E-state index contributed by atoms with van der Waals surface area (Å²) in [4.78, 5) is 80.3. The van der Waals surface area contributed by atoms with Crippen LogP contribution in [-0.2, 0) is 14.3 Å². The number of methoxy groups -OCH3 is 1. The van der Waals surface area contributed by atoms with Crippen LogP contribution in [0.25, 0.3) is 44.8 Å². The fourth-order valence-electron chi connectivity index (χ4n) is 7.84. The number of rotatable bonds is 11. The molecule has 5 heterocycles. The number of amides is 4. The predicted molar refractivity (Wildman–Crippen MR) is 208 cm³/mol. The van der Waals surface area contributed by atoms with Gasteiger partial charge >= 0.3 is 12.2 Å². The SMILES string of the molecule is COC(=O)N[C@@H](CO)C(=O)N1CCC[C@H]1c1ncc(-c2ccc3nc(-c4ccc(-c5c[nH]c([C@@H]6CCCN6C(=O)[C@H](C(C)C)N(C)C(=O)O)n5)cc4)cnc3c2)[nH]1. The molecule has 2 fully saturated rings. The number of likely N-dealkylation sites (N-methyl/N-ethyl adjacent to an activating group) is 1. The number of carbonyl (C=O) groups is 4. The van der Waals surface area contributed by atoms with Gasteiger partial charge < -0.3 is 40.0 Å². The molecule has 3 aromatic heterocycles. The first kappa shape index (κ1) is 38.9. The van der Waals surface area contributed by atoms with Gasteiger partial charge in [-0.3, -0.25) is 19.5 Å². The van der Waals surface area contributed by atoms with Crippen molar-refractivity contribution in [2.24, 2.45) is 5.92 Å². The number of hydrogen-bond donors (Lipinski definition) is 5. The molecular weight excluding hydrogens is 733 g/mol. The average molecular weight is 779 g/mol. The molecule has 0 bridgehead atoms. The monoisotopic (exact) mass is 778 g/mol. The summed E-state index contributed by atoms with van der Waals surface area (Å²) in [7, 11) is 2.63. The van der Waals surface area contributed by atoms with E-state index in [1.807, 2.05) is 62.5 Å². The van der Waals surface area contributed by atoms with Gasteiger partial charge in [-0.25, -0.2) is 24.5 Å². The van der Waals surface area contributed by atoms with E-state index in [0.29, 0.717) is 47.9 Å². The smallest absolute Gasteiger partial charge is 0.407 e. The van der Waals surface area contributed by atoms with Crippen LogP contribution in [0, 0.1) is 5.92 Å². The van der Waals surface area contributed by atoms with Crippen LogP contribution in [-0.4, -0.2) is 125 Å². The molecule has 4 atom stereocenters. The third-order valence-electron chi connectivity index (χ3n) is 10.8. The highest BCUT2D eigenvalue weighted by Crippen LogP contribution is 2.35. The van der Waals surface area contributed by atoms with E-state index in [9.17, 15) is 29.4 Å². The van der Waals surface area contributed by atoms with Crippen LogP contribution in [0.2, 0.25) is 0 Å². The van der Waals surface area contributed by atoms with Gasteiger partial charge in [-0.05, 0) is 43.7 Å². The van der Waals surface area contributed by atoms with Crippen LogP contribution in [0.3, 0.4) is 0 Å². The number of hydrogen-bond acceptors (Lipinski definition) is 10. The molecule has 0 aliphatic carbocycles. The Balaban J connectivity index is 1.03. The van der Waals surface area contributed by atoms with Gasteiger partial charge in [-0.1, -0.05) is 44.2 Å². The van der Waals surface area contributed by atoms with Crippen molar-refractivity contribution in [3.8, 4) is 33.8 Å². The summed E-state index contributed by atoms with van der Waals surface area (Å²) in [5.74, 6) is 0.474. The Labute approximate surface area is 328 Å². The van der Waals surface area contributed by atoms with E-state index in [0.717, 1.165) is 52.2 Å². The third kappa shape index (κ3) is 7.87. The minimum atomic E-state index is -1.14. The Morgan fingerprint density at radius 3 is 2.18 bits per heavy atom.